The van der Waals surface area contributed by atoms with Crippen LogP contribution in [-0.4, -0.2) is 33.8 Å². The van der Waals surface area contributed by atoms with E-state index in [4.69, 9.17) is 5.73 Å². The second-order valence-corrected chi connectivity index (χ2v) is 5.83. The quantitative estimate of drug-likeness (QED) is 0.921. The third-order valence-corrected chi connectivity index (χ3v) is 4.29. The van der Waals surface area contributed by atoms with Crippen LogP contribution in [-0.2, 0) is 6.54 Å². The standard InChI is InChI=1S/C17H24N4.ClH/c18-10-9-16-6-4-5-11-20(16)13-15-12-19-21(14-15)17-7-2-1-3-8-17;/h1-3,7-8,12,14,16H,4-6,9-11,13,18H2;1H. The van der Waals surface area contributed by atoms with Crippen LogP contribution in [0.2, 0.25) is 0 Å². The molecule has 2 heterocycles. The molecule has 1 aromatic heterocycles. The van der Waals surface area contributed by atoms with E-state index in [9.17, 15) is 0 Å². The van der Waals surface area contributed by atoms with Gasteiger partial charge >= 0.3 is 0 Å². The Kier molecular flexibility index (Phi) is 6.43. The van der Waals surface area contributed by atoms with E-state index in [0.29, 0.717) is 6.04 Å². The van der Waals surface area contributed by atoms with E-state index in [0.717, 1.165) is 25.2 Å². The van der Waals surface area contributed by atoms with Crippen LogP contribution in [0.5, 0.6) is 0 Å². The predicted molar refractivity (Wildman–Crippen MR) is 92.5 cm³/mol. The number of benzene rings is 1. The summed E-state index contributed by atoms with van der Waals surface area (Å²) in [6.45, 7) is 2.95. The van der Waals surface area contributed by atoms with Gasteiger partial charge in [0.1, 0.15) is 0 Å². The van der Waals surface area contributed by atoms with Crippen molar-refractivity contribution in [1.29, 1.82) is 0 Å². The molecule has 0 aliphatic carbocycles. The van der Waals surface area contributed by atoms with Crippen molar-refractivity contribution in [3.05, 3.63) is 48.3 Å². The first-order chi connectivity index (χ1) is 10.4. The number of hydrogen-bond acceptors (Lipinski definition) is 3. The van der Waals surface area contributed by atoms with Crippen LogP contribution in [0.3, 0.4) is 0 Å². The molecule has 1 atom stereocenters. The Balaban J connectivity index is 0.00000176. The summed E-state index contributed by atoms with van der Waals surface area (Å²) in [4.78, 5) is 2.57. The van der Waals surface area contributed by atoms with Crippen molar-refractivity contribution in [1.82, 2.24) is 14.7 Å². The Hall–Kier alpha value is -1.36. The molecular weight excluding hydrogens is 296 g/mol. The molecule has 5 heteroatoms. The van der Waals surface area contributed by atoms with E-state index >= 15 is 0 Å². The third-order valence-electron chi connectivity index (χ3n) is 4.29. The second-order valence-electron chi connectivity index (χ2n) is 5.83. The van der Waals surface area contributed by atoms with E-state index in [1.165, 1.54) is 31.4 Å². The number of likely N-dealkylation sites (tertiary alicyclic amines) is 1. The number of hydrogen-bond donors (Lipinski definition) is 1. The Bertz CT molecular complexity index is 553. The minimum absolute atomic E-state index is 0. The van der Waals surface area contributed by atoms with Crippen LogP contribution in [0.1, 0.15) is 31.2 Å². The summed E-state index contributed by atoms with van der Waals surface area (Å²) in [6, 6.07) is 10.9. The fraction of sp³-hybridized carbons (Fsp3) is 0.471. The summed E-state index contributed by atoms with van der Waals surface area (Å²) in [5, 5.41) is 4.49. The summed E-state index contributed by atoms with van der Waals surface area (Å²) in [6.07, 6.45) is 9.15. The maximum absolute atomic E-state index is 5.75. The van der Waals surface area contributed by atoms with Gasteiger partial charge in [0.15, 0.2) is 0 Å². The normalized spacial score (nSPS) is 18.9. The first kappa shape index (κ1) is 17.0. The number of nitrogens with two attached hydrogens (primary N) is 1. The molecule has 1 aliphatic heterocycles. The van der Waals surface area contributed by atoms with Crippen LogP contribution in [0.4, 0.5) is 0 Å². The van der Waals surface area contributed by atoms with E-state index in [1.54, 1.807) is 0 Å². The second kappa shape index (κ2) is 8.32. The van der Waals surface area contributed by atoms with Gasteiger partial charge < -0.3 is 5.73 Å². The zero-order chi connectivity index (χ0) is 14.5. The molecule has 0 bridgehead atoms. The van der Waals surface area contributed by atoms with Crippen molar-refractivity contribution >= 4 is 12.4 Å². The van der Waals surface area contributed by atoms with Crippen molar-refractivity contribution in [2.75, 3.05) is 13.1 Å². The Labute approximate surface area is 138 Å². The average Bonchev–Trinajstić information content (AvgIpc) is 2.99. The topological polar surface area (TPSA) is 47.1 Å². The van der Waals surface area contributed by atoms with Crippen LogP contribution in [0.25, 0.3) is 5.69 Å². The minimum Gasteiger partial charge on any atom is -0.330 e. The summed E-state index contributed by atoms with van der Waals surface area (Å²) in [5.74, 6) is 0. The molecule has 120 valence electrons. The van der Waals surface area contributed by atoms with Crippen molar-refractivity contribution in [2.45, 2.75) is 38.3 Å². The van der Waals surface area contributed by atoms with Crippen molar-refractivity contribution < 1.29 is 0 Å². The summed E-state index contributed by atoms with van der Waals surface area (Å²) in [7, 11) is 0. The van der Waals surface area contributed by atoms with E-state index in [2.05, 4.69) is 28.3 Å². The molecule has 3 rings (SSSR count). The molecule has 4 nitrogen and oxygen atoms in total. The summed E-state index contributed by atoms with van der Waals surface area (Å²) >= 11 is 0. The van der Waals surface area contributed by atoms with Crippen LogP contribution in [0.15, 0.2) is 42.7 Å². The molecule has 1 aliphatic rings. The number of aromatic nitrogens is 2. The van der Waals surface area contributed by atoms with Gasteiger partial charge in [-0.05, 0) is 44.5 Å². The van der Waals surface area contributed by atoms with Gasteiger partial charge in [0.25, 0.3) is 0 Å². The van der Waals surface area contributed by atoms with Crippen molar-refractivity contribution in [3.63, 3.8) is 0 Å². The zero-order valence-corrected chi connectivity index (χ0v) is 13.7. The SMILES string of the molecule is Cl.NCCC1CCCCN1Cc1cnn(-c2ccccc2)c1. The molecular formula is C17H25ClN4. The van der Waals surface area contributed by atoms with E-state index < -0.39 is 0 Å². The first-order valence-corrected chi connectivity index (χ1v) is 7.90. The van der Waals surface area contributed by atoms with Gasteiger partial charge in [0.2, 0.25) is 0 Å². The number of para-hydroxylation sites is 1. The lowest BCUT2D eigenvalue weighted by molar-refractivity contribution is 0.134. The molecule has 22 heavy (non-hydrogen) atoms. The highest BCUT2D eigenvalue weighted by atomic mass is 35.5. The van der Waals surface area contributed by atoms with Crippen LogP contribution >= 0.6 is 12.4 Å². The average molecular weight is 321 g/mol. The molecule has 0 radical (unpaired) electrons. The summed E-state index contributed by atoms with van der Waals surface area (Å²) < 4.78 is 1.96. The number of piperidine rings is 1. The summed E-state index contributed by atoms with van der Waals surface area (Å²) in [5.41, 5.74) is 8.14. The number of halogens is 1. The smallest absolute Gasteiger partial charge is 0.0645 e. The van der Waals surface area contributed by atoms with Gasteiger partial charge in [-0.1, -0.05) is 24.6 Å². The lowest BCUT2D eigenvalue weighted by Gasteiger charge is -2.35. The Morgan fingerprint density at radius 3 is 2.77 bits per heavy atom. The zero-order valence-electron chi connectivity index (χ0n) is 12.9. The third kappa shape index (κ3) is 4.09. The molecule has 1 saturated heterocycles. The lowest BCUT2D eigenvalue weighted by atomic mass is 9.99. The van der Waals surface area contributed by atoms with Gasteiger partial charge in [0, 0.05) is 24.3 Å². The van der Waals surface area contributed by atoms with Crippen LogP contribution < -0.4 is 5.73 Å². The van der Waals surface area contributed by atoms with Gasteiger partial charge in [0.05, 0.1) is 11.9 Å². The highest BCUT2D eigenvalue weighted by molar-refractivity contribution is 5.85. The Morgan fingerprint density at radius 1 is 1.18 bits per heavy atom. The van der Waals surface area contributed by atoms with Crippen molar-refractivity contribution in [2.24, 2.45) is 5.73 Å². The minimum atomic E-state index is 0. The van der Waals surface area contributed by atoms with Gasteiger partial charge in [-0.25, -0.2) is 4.68 Å². The molecule has 0 saturated carbocycles. The molecule has 2 N–H and O–H groups in total. The highest BCUT2D eigenvalue weighted by Crippen LogP contribution is 2.21. The van der Waals surface area contributed by atoms with Gasteiger partial charge in [-0.2, -0.15) is 5.10 Å². The molecule has 1 fully saturated rings. The first-order valence-electron chi connectivity index (χ1n) is 7.90. The molecule has 2 aromatic rings. The predicted octanol–water partition coefficient (Wildman–Crippen LogP) is 3.00. The van der Waals surface area contributed by atoms with Gasteiger partial charge in [-0.3, -0.25) is 4.90 Å². The Morgan fingerprint density at radius 2 is 2.00 bits per heavy atom. The largest absolute Gasteiger partial charge is 0.330 e. The maximum Gasteiger partial charge on any atom is 0.0645 e. The number of nitrogens with zero attached hydrogens (tertiary/aromatic N) is 3. The molecule has 1 unspecified atom stereocenters. The van der Waals surface area contributed by atoms with Crippen molar-refractivity contribution in [3.8, 4) is 5.69 Å². The molecule has 0 spiro atoms. The van der Waals surface area contributed by atoms with E-state index in [1.807, 2.05) is 29.1 Å². The monoisotopic (exact) mass is 320 g/mol. The molecule has 1 aromatic carbocycles. The lowest BCUT2D eigenvalue weighted by Crippen LogP contribution is -2.40. The fourth-order valence-electron chi connectivity index (χ4n) is 3.19. The molecule has 0 amide bonds. The van der Waals surface area contributed by atoms with Gasteiger partial charge in [-0.15, -0.1) is 12.4 Å². The maximum atomic E-state index is 5.75. The number of rotatable bonds is 5. The highest BCUT2D eigenvalue weighted by Gasteiger charge is 2.22. The van der Waals surface area contributed by atoms with E-state index in [-0.39, 0.29) is 12.4 Å². The van der Waals surface area contributed by atoms with Crippen LogP contribution in [0, 0.1) is 0 Å². The fourth-order valence-corrected chi connectivity index (χ4v) is 3.19.